The molecule has 1 atom stereocenters. The third kappa shape index (κ3) is 5.89. The highest BCUT2D eigenvalue weighted by atomic mass is 127. The zero-order chi connectivity index (χ0) is 15.9. The lowest BCUT2D eigenvalue weighted by atomic mass is 10.0. The maximum Gasteiger partial charge on any atom is 0.191 e. The molecule has 1 aliphatic heterocycles. The van der Waals surface area contributed by atoms with Crippen molar-refractivity contribution in [1.29, 1.82) is 0 Å². The van der Waals surface area contributed by atoms with Gasteiger partial charge in [0.25, 0.3) is 0 Å². The fraction of sp³-hybridized carbons (Fsp3) is 0.611. The van der Waals surface area contributed by atoms with E-state index in [1.807, 2.05) is 7.05 Å². The molecule has 1 saturated heterocycles. The predicted molar refractivity (Wildman–Crippen MR) is 109 cm³/mol. The minimum Gasteiger partial charge on any atom is -0.379 e. The average Bonchev–Trinajstić information content (AvgIpc) is 3.44. The summed E-state index contributed by atoms with van der Waals surface area (Å²) < 4.78 is 5.51. The van der Waals surface area contributed by atoms with Gasteiger partial charge in [-0.25, -0.2) is 0 Å². The molecule has 1 aromatic carbocycles. The van der Waals surface area contributed by atoms with Crippen molar-refractivity contribution in [3.63, 3.8) is 0 Å². The third-order valence-corrected chi connectivity index (χ3v) is 4.61. The number of rotatable bonds is 6. The summed E-state index contributed by atoms with van der Waals surface area (Å²) in [6, 6.07) is 11.1. The number of nitrogens with one attached hydrogen (secondary N) is 2. The minimum absolute atomic E-state index is 0. The molecule has 134 valence electrons. The molecule has 0 aromatic heterocycles. The highest BCUT2D eigenvalue weighted by molar-refractivity contribution is 14.0. The van der Waals surface area contributed by atoms with Gasteiger partial charge >= 0.3 is 0 Å². The van der Waals surface area contributed by atoms with Crippen molar-refractivity contribution in [2.45, 2.75) is 18.9 Å². The number of benzene rings is 1. The highest BCUT2D eigenvalue weighted by Crippen LogP contribution is 2.27. The number of aliphatic imine (C=N–C) groups is 1. The third-order valence-electron chi connectivity index (χ3n) is 4.61. The monoisotopic (exact) mass is 444 g/mol. The lowest BCUT2D eigenvalue weighted by Gasteiger charge is -2.35. The van der Waals surface area contributed by atoms with Crippen molar-refractivity contribution in [2.24, 2.45) is 10.9 Å². The molecule has 0 spiro atoms. The molecule has 1 unspecified atom stereocenters. The number of morpholine rings is 1. The first kappa shape index (κ1) is 19.5. The Hall–Kier alpha value is -0.860. The molecule has 6 heteroatoms. The van der Waals surface area contributed by atoms with Crippen molar-refractivity contribution in [3.05, 3.63) is 35.9 Å². The Morgan fingerprint density at radius 2 is 1.92 bits per heavy atom. The second-order valence-electron chi connectivity index (χ2n) is 6.35. The van der Waals surface area contributed by atoms with E-state index in [9.17, 15) is 0 Å². The van der Waals surface area contributed by atoms with Crippen molar-refractivity contribution < 1.29 is 4.74 Å². The van der Waals surface area contributed by atoms with Crippen LogP contribution in [-0.4, -0.2) is 57.3 Å². The molecule has 2 N–H and O–H groups in total. The van der Waals surface area contributed by atoms with Crippen LogP contribution in [0.5, 0.6) is 0 Å². The largest absolute Gasteiger partial charge is 0.379 e. The topological polar surface area (TPSA) is 48.9 Å². The van der Waals surface area contributed by atoms with Gasteiger partial charge in [0, 0.05) is 33.2 Å². The van der Waals surface area contributed by atoms with Gasteiger partial charge in [0.05, 0.1) is 19.3 Å². The van der Waals surface area contributed by atoms with Gasteiger partial charge < -0.3 is 15.4 Å². The predicted octanol–water partition coefficient (Wildman–Crippen LogP) is 2.25. The van der Waals surface area contributed by atoms with Crippen molar-refractivity contribution in [1.82, 2.24) is 15.5 Å². The molecular weight excluding hydrogens is 415 g/mol. The van der Waals surface area contributed by atoms with E-state index in [0.29, 0.717) is 6.04 Å². The van der Waals surface area contributed by atoms with Crippen molar-refractivity contribution >= 4 is 29.9 Å². The zero-order valence-corrected chi connectivity index (χ0v) is 16.7. The van der Waals surface area contributed by atoms with E-state index in [0.717, 1.165) is 51.3 Å². The Morgan fingerprint density at radius 3 is 2.54 bits per heavy atom. The second-order valence-corrected chi connectivity index (χ2v) is 6.35. The summed E-state index contributed by atoms with van der Waals surface area (Å²) >= 11 is 0. The normalized spacial score (nSPS) is 20.1. The maximum atomic E-state index is 5.51. The summed E-state index contributed by atoms with van der Waals surface area (Å²) in [6.07, 6.45) is 2.70. The quantitative estimate of drug-likeness (QED) is 0.402. The summed E-state index contributed by atoms with van der Waals surface area (Å²) in [5, 5.41) is 6.94. The number of guanidine groups is 1. The van der Waals surface area contributed by atoms with Gasteiger partial charge in [-0.3, -0.25) is 9.89 Å². The Kier molecular flexibility index (Phi) is 8.28. The van der Waals surface area contributed by atoms with Crippen LogP contribution in [0.3, 0.4) is 0 Å². The molecule has 2 aliphatic rings. The Balaban J connectivity index is 0.00000208. The molecule has 0 bridgehead atoms. The van der Waals surface area contributed by atoms with Gasteiger partial charge in [-0.15, -0.1) is 24.0 Å². The van der Waals surface area contributed by atoms with E-state index in [4.69, 9.17) is 4.74 Å². The van der Waals surface area contributed by atoms with Crippen LogP contribution in [0.25, 0.3) is 0 Å². The van der Waals surface area contributed by atoms with E-state index in [1.54, 1.807) is 0 Å². The fourth-order valence-corrected chi connectivity index (χ4v) is 3.00. The van der Waals surface area contributed by atoms with Gasteiger partial charge in [0.1, 0.15) is 0 Å². The van der Waals surface area contributed by atoms with Crippen LogP contribution in [-0.2, 0) is 4.74 Å². The summed E-state index contributed by atoms with van der Waals surface area (Å²) in [5.41, 5.74) is 1.35. The summed E-state index contributed by atoms with van der Waals surface area (Å²) in [7, 11) is 1.84. The first-order chi connectivity index (χ1) is 11.4. The zero-order valence-electron chi connectivity index (χ0n) is 14.4. The highest BCUT2D eigenvalue weighted by Gasteiger charge is 2.24. The number of hydrogen-bond acceptors (Lipinski definition) is 3. The Morgan fingerprint density at radius 1 is 1.21 bits per heavy atom. The lowest BCUT2D eigenvalue weighted by molar-refractivity contribution is 0.0170. The number of nitrogens with zero attached hydrogens (tertiary/aromatic N) is 2. The van der Waals surface area contributed by atoms with Crippen molar-refractivity contribution in [3.8, 4) is 0 Å². The van der Waals surface area contributed by atoms with E-state index < -0.39 is 0 Å². The number of hydrogen-bond donors (Lipinski definition) is 2. The first-order valence-electron chi connectivity index (χ1n) is 8.68. The van der Waals surface area contributed by atoms with E-state index >= 15 is 0 Å². The standard InChI is InChI=1S/C18H28N4O.HI/c1-19-18(20-13-15-7-8-15)21-14-17(16-5-3-2-4-6-16)22-9-11-23-12-10-22;/h2-6,15,17H,7-14H2,1H3,(H2,19,20,21);1H. The summed E-state index contributed by atoms with van der Waals surface area (Å²) in [4.78, 5) is 6.85. The molecule has 1 heterocycles. The van der Waals surface area contributed by atoms with Crippen LogP contribution in [0.2, 0.25) is 0 Å². The summed E-state index contributed by atoms with van der Waals surface area (Å²) in [6.45, 7) is 5.49. The Labute approximate surface area is 162 Å². The first-order valence-corrected chi connectivity index (χ1v) is 8.68. The smallest absolute Gasteiger partial charge is 0.191 e. The molecule has 1 aromatic rings. The molecule has 1 aliphatic carbocycles. The molecule has 24 heavy (non-hydrogen) atoms. The molecule has 0 radical (unpaired) electrons. The minimum atomic E-state index is 0. The lowest BCUT2D eigenvalue weighted by Crippen LogP contribution is -2.46. The number of halogens is 1. The number of ether oxygens (including phenoxy) is 1. The molecule has 2 fully saturated rings. The fourth-order valence-electron chi connectivity index (χ4n) is 3.00. The maximum absolute atomic E-state index is 5.51. The molecule has 1 saturated carbocycles. The SMILES string of the molecule is CN=C(NCC1CC1)NCC(c1ccccc1)N1CCOCC1.I. The van der Waals surface area contributed by atoms with Gasteiger partial charge in [-0.1, -0.05) is 30.3 Å². The van der Waals surface area contributed by atoms with Gasteiger partial charge in [0.15, 0.2) is 5.96 Å². The van der Waals surface area contributed by atoms with Crippen LogP contribution in [0.15, 0.2) is 35.3 Å². The van der Waals surface area contributed by atoms with E-state index in [-0.39, 0.29) is 24.0 Å². The second kappa shape index (κ2) is 10.2. The van der Waals surface area contributed by atoms with Crippen LogP contribution in [0.4, 0.5) is 0 Å². The van der Waals surface area contributed by atoms with Crippen LogP contribution >= 0.6 is 24.0 Å². The molecule has 0 amide bonds. The molecular formula is C18H29IN4O. The summed E-state index contributed by atoms with van der Waals surface area (Å²) in [5.74, 6) is 1.75. The van der Waals surface area contributed by atoms with Gasteiger partial charge in [0.2, 0.25) is 0 Å². The van der Waals surface area contributed by atoms with E-state index in [1.165, 1.54) is 18.4 Å². The molecule has 5 nitrogen and oxygen atoms in total. The van der Waals surface area contributed by atoms with Gasteiger partial charge in [-0.05, 0) is 24.3 Å². The molecule has 3 rings (SSSR count). The average molecular weight is 444 g/mol. The van der Waals surface area contributed by atoms with Crippen molar-refractivity contribution in [2.75, 3.05) is 46.4 Å². The van der Waals surface area contributed by atoms with E-state index in [2.05, 4.69) is 50.9 Å². The van der Waals surface area contributed by atoms with Crippen LogP contribution in [0.1, 0.15) is 24.4 Å². The van der Waals surface area contributed by atoms with Crippen LogP contribution in [0, 0.1) is 5.92 Å². The Bertz CT molecular complexity index is 501. The van der Waals surface area contributed by atoms with Crippen LogP contribution < -0.4 is 10.6 Å². The van der Waals surface area contributed by atoms with Gasteiger partial charge in [-0.2, -0.15) is 0 Å².